The van der Waals surface area contributed by atoms with Crippen LogP contribution in [0.2, 0.25) is 0 Å². The van der Waals surface area contributed by atoms with Crippen LogP contribution in [0.15, 0.2) is 0 Å². The molecule has 2 unspecified atom stereocenters. The van der Waals surface area contributed by atoms with E-state index in [4.69, 9.17) is 9.84 Å². The van der Waals surface area contributed by atoms with Crippen LogP contribution in [0.4, 0.5) is 0 Å². The molecular weight excluding hydrogens is 124 g/mol. The van der Waals surface area contributed by atoms with E-state index >= 15 is 0 Å². The number of hydrogen-bond acceptors (Lipinski definition) is 3. The molecule has 0 amide bonds. The third-order valence-electron chi connectivity index (χ3n) is 1.29. The average molecular weight is 134 g/mol. The van der Waals surface area contributed by atoms with Gasteiger partial charge in [-0.2, -0.15) is 12.6 Å². The molecule has 8 heavy (non-hydrogen) atoms. The highest BCUT2D eigenvalue weighted by Crippen LogP contribution is 2.11. The van der Waals surface area contributed by atoms with Crippen molar-refractivity contribution in [3.8, 4) is 0 Å². The third-order valence-corrected chi connectivity index (χ3v) is 1.78. The van der Waals surface area contributed by atoms with E-state index in [9.17, 15) is 0 Å². The normalized spacial score (nSPS) is 39.8. The van der Waals surface area contributed by atoms with Crippen molar-refractivity contribution in [3.05, 3.63) is 0 Å². The molecule has 1 saturated heterocycles. The zero-order valence-corrected chi connectivity index (χ0v) is 5.47. The summed E-state index contributed by atoms with van der Waals surface area (Å²) >= 11 is 4.08. The van der Waals surface area contributed by atoms with Gasteiger partial charge >= 0.3 is 0 Å². The smallest absolute Gasteiger partial charge is 0.0700 e. The SMILES string of the molecule is OC1CCOCC1S. The Hall–Kier alpha value is 0.270. The molecule has 1 rings (SSSR count). The lowest BCUT2D eigenvalue weighted by molar-refractivity contribution is 0.0206. The summed E-state index contributed by atoms with van der Waals surface area (Å²) in [5.41, 5.74) is 0. The predicted octanol–water partition coefficient (Wildman–Crippen LogP) is 0.0660. The number of aliphatic hydroxyl groups is 1. The van der Waals surface area contributed by atoms with Crippen LogP contribution >= 0.6 is 12.6 Å². The van der Waals surface area contributed by atoms with Gasteiger partial charge in [0, 0.05) is 6.61 Å². The Kier molecular flexibility index (Phi) is 2.16. The van der Waals surface area contributed by atoms with E-state index in [1.165, 1.54) is 0 Å². The molecule has 0 aliphatic carbocycles. The zero-order valence-electron chi connectivity index (χ0n) is 4.58. The van der Waals surface area contributed by atoms with E-state index in [2.05, 4.69) is 12.6 Å². The summed E-state index contributed by atoms with van der Waals surface area (Å²) in [6, 6.07) is 0. The summed E-state index contributed by atoms with van der Waals surface area (Å²) in [7, 11) is 0. The average Bonchev–Trinajstić information content (AvgIpc) is 1.77. The van der Waals surface area contributed by atoms with Crippen LogP contribution in [0.1, 0.15) is 6.42 Å². The van der Waals surface area contributed by atoms with Crippen molar-refractivity contribution in [2.45, 2.75) is 17.8 Å². The molecule has 0 aromatic heterocycles. The van der Waals surface area contributed by atoms with Gasteiger partial charge in [-0.1, -0.05) is 0 Å². The largest absolute Gasteiger partial charge is 0.392 e. The van der Waals surface area contributed by atoms with Gasteiger partial charge < -0.3 is 9.84 Å². The fourth-order valence-corrected chi connectivity index (χ4v) is 0.966. The first-order valence-electron chi connectivity index (χ1n) is 2.74. The summed E-state index contributed by atoms with van der Waals surface area (Å²) in [6.45, 7) is 1.27. The van der Waals surface area contributed by atoms with Crippen LogP contribution in [-0.4, -0.2) is 29.7 Å². The minimum absolute atomic E-state index is 0.0312. The van der Waals surface area contributed by atoms with E-state index in [-0.39, 0.29) is 11.4 Å². The lowest BCUT2D eigenvalue weighted by atomic mass is 10.1. The highest BCUT2D eigenvalue weighted by atomic mass is 32.1. The number of ether oxygens (including phenoxy) is 1. The molecule has 3 heteroatoms. The summed E-state index contributed by atoms with van der Waals surface area (Å²) in [5.74, 6) is 0. The van der Waals surface area contributed by atoms with Gasteiger partial charge in [0.15, 0.2) is 0 Å². The van der Waals surface area contributed by atoms with Crippen molar-refractivity contribution in [1.82, 2.24) is 0 Å². The number of aliphatic hydroxyl groups excluding tert-OH is 1. The highest BCUT2D eigenvalue weighted by Gasteiger charge is 2.19. The maximum Gasteiger partial charge on any atom is 0.0700 e. The van der Waals surface area contributed by atoms with E-state index in [0.29, 0.717) is 13.2 Å². The third kappa shape index (κ3) is 1.37. The number of hydrogen-bond donors (Lipinski definition) is 2. The maximum absolute atomic E-state index is 9.02. The van der Waals surface area contributed by atoms with Crippen LogP contribution < -0.4 is 0 Å². The molecule has 1 heterocycles. The molecule has 0 aromatic carbocycles. The van der Waals surface area contributed by atoms with Gasteiger partial charge in [-0.05, 0) is 6.42 Å². The minimum atomic E-state index is -0.257. The van der Waals surface area contributed by atoms with Crippen molar-refractivity contribution in [3.63, 3.8) is 0 Å². The van der Waals surface area contributed by atoms with Gasteiger partial charge in [0.25, 0.3) is 0 Å². The second kappa shape index (κ2) is 2.71. The fourth-order valence-electron chi connectivity index (χ4n) is 0.712. The van der Waals surface area contributed by atoms with Crippen molar-refractivity contribution in [2.24, 2.45) is 0 Å². The van der Waals surface area contributed by atoms with Gasteiger partial charge in [-0.3, -0.25) is 0 Å². The molecule has 1 N–H and O–H groups in total. The first-order valence-corrected chi connectivity index (χ1v) is 3.26. The first kappa shape index (κ1) is 6.39. The van der Waals surface area contributed by atoms with Crippen LogP contribution in [0.3, 0.4) is 0 Å². The van der Waals surface area contributed by atoms with Crippen molar-refractivity contribution >= 4 is 12.6 Å². The molecule has 0 bridgehead atoms. The van der Waals surface area contributed by atoms with Crippen molar-refractivity contribution < 1.29 is 9.84 Å². The second-order valence-corrected chi connectivity index (χ2v) is 2.66. The lowest BCUT2D eigenvalue weighted by Crippen LogP contribution is -2.32. The summed E-state index contributed by atoms with van der Waals surface area (Å²) in [5, 5.41) is 9.05. The van der Waals surface area contributed by atoms with Crippen LogP contribution in [0.5, 0.6) is 0 Å². The van der Waals surface area contributed by atoms with Gasteiger partial charge in [0.2, 0.25) is 0 Å². The number of rotatable bonds is 0. The Morgan fingerprint density at radius 3 is 2.75 bits per heavy atom. The molecule has 0 radical (unpaired) electrons. The Morgan fingerprint density at radius 2 is 2.38 bits per heavy atom. The predicted molar refractivity (Wildman–Crippen MR) is 34.2 cm³/mol. The topological polar surface area (TPSA) is 29.5 Å². The Labute approximate surface area is 54.3 Å². The lowest BCUT2D eigenvalue weighted by Gasteiger charge is -2.22. The van der Waals surface area contributed by atoms with E-state index in [1.54, 1.807) is 0 Å². The Balaban J connectivity index is 2.28. The minimum Gasteiger partial charge on any atom is -0.392 e. The van der Waals surface area contributed by atoms with E-state index in [0.717, 1.165) is 6.42 Å². The Morgan fingerprint density at radius 1 is 1.62 bits per heavy atom. The molecule has 1 fully saturated rings. The van der Waals surface area contributed by atoms with Gasteiger partial charge in [0.05, 0.1) is 18.0 Å². The first-order chi connectivity index (χ1) is 3.80. The molecular formula is C5H10O2S. The van der Waals surface area contributed by atoms with Crippen molar-refractivity contribution in [1.29, 1.82) is 0 Å². The van der Waals surface area contributed by atoms with Gasteiger partial charge in [-0.15, -0.1) is 0 Å². The molecule has 0 aromatic rings. The molecule has 1 aliphatic rings. The highest BCUT2D eigenvalue weighted by molar-refractivity contribution is 7.81. The molecule has 2 nitrogen and oxygen atoms in total. The Bertz CT molecular complexity index is 66.8. The molecule has 0 saturated carbocycles. The van der Waals surface area contributed by atoms with Gasteiger partial charge in [-0.25, -0.2) is 0 Å². The molecule has 2 atom stereocenters. The van der Waals surface area contributed by atoms with E-state index in [1.807, 2.05) is 0 Å². The summed E-state index contributed by atoms with van der Waals surface area (Å²) < 4.78 is 5.02. The monoisotopic (exact) mass is 134 g/mol. The summed E-state index contributed by atoms with van der Waals surface area (Å²) in [4.78, 5) is 0. The van der Waals surface area contributed by atoms with Crippen LogP contribution in [-0.2, 0) is 4.74 Å². The molecule has 0 spiro atoms. The van der Waals surface area contributed by atoms with Gasteiger partial charge in [0.1, 0.15) is 0 Å². The standard InChI is InChI=1S/C5H10O2S/c6-4-1-2-7-3-5(4)8/h4-6,8H,1-3H2. The fraction of sp³-hybridized carbons (Fsp3) is 1.00. The quantitative estimate of drug-likeness (QED) is 0.459. The van der Waals surface area contributed by atoms with Crippen molar-refractivity contribution in [2.75, 3.05) is 13.2 Å². The zero-order chi connectivity index (χ0) is 5.98. The van der Waals surface area contributed by atoms with Crippen LogP contribution in [0, 0.1) is 0 Å². The molecule has 48 valence electrons. The maximum atomic E-state index is 9.02. The second-order valence-electron chi connectivity index (χ2n) is 2.00. The van der Waals surface area contributed by atoms with E-state index < -0.39 is 0 Å². The molecule has 1 aliphatic heterocycles. The summed E-state index contributed by atoms with van der Waals surface area (Å²) in [6.07, 6.45) is 0.473. The van der Waals surface area contributed by atoms with Crippen LogP contribution in [0.25, 0.3) is 0 Å². The number of thiol groups is 1.